The third kappa shape index (κ3) is 5.14. The number of carbonyl (C=O) groups excluding carboxylic acids is 3. The number of rotatable bonds is 5. The second-order valence-corrected chi connectivity index (χ2v) is 5.78. The zero-order valence-corrected chi connectivity index (χ0v) is 13.5. The van der Waals surface area contributed by atoms with Gasteiger partial charge in [0.15, 0.2) is 0 Å². The molecule has 0 aliphatic carbocycles. The molecule has 0 atom stereocenters. The molecule has 1 aliphatic heterocycles. The van der Waals surface area contributed by atoms with Crippen LogP contribution in [-0.2, 0) is 20.9 Å². The molecule has 1 saturated heterocycles. The van der Waals surface area contributed by atoms with E-state index in [1.54, 1.807) is 0 Å². The van der Waals surface area contributed by atoms with Crippen LogP contribution in [0.25, 0.3) is 0 Å². The fourth-order valence-electron chi connectivity index (χ4n) is 2.67. The topological polar surface area (TPSA) is 98.7 Å². The van der Waals surface area contributed by atoms with Gasteiger partial charge in [-0.25, -0.2) is 0 Å². The van der Waals surface area contributed by atoms with Crippen LogP contribution in [0.4, 0.5) is 0 Å². The van der Waals surface area contributed by atoms with Crippen LogP contribution in [0.1, 0.15) is 18.4 Å². The molecule has 1 fully saturated rings. The van der Waals surface area contributed by atoms with Crippen molar-refractivity contribution in [2.45, 2.75) is 19.4 Å². The highest BCUT2D eigenvalue weighted by Crippen LogP contribution is 2.11. The van der Waals surface area contributed by atoms with E-state index < -0.39 is 17.7 Å². The number of aliphatic hydroxyl groups is 1. The van der Waals surface area contributed by atoms with Crippen LogP contribution in [0.15, 0.2) is 30.3 Å². The highest BCUT2D eigenvalue weighted by molar-refractivity contribution is 6.37. The van der Waals surface area contributed by atoms with Crippen LogP contribution in [0.3, 0.4) is 0 Å². The summed E-state index contributed by atoms with van der Waals surface area (Å²) in [6, 6.07) is 9.17. The van der Waals surface area contributed by atoms with E-state index in [-0.39, 0.29) is 25.6 Å². The van der Waals surface area contributed by atoms with Gasteiger partial charge in [-0.15, -0.1) is 0 Å². The highest BCUT2D eigenvalue weighted by atomic mass is 16.3. The fourth-order valence-corrected chi connectivity index (χ4v) is 2.67. The molecule has 7 heteroatoms. The number of hydrogen-bond acceptors (Lipinski definition) is 5. The van der Waals surface area contributed by atoms with E-state index in [0.29, 0.717) is 12.8 Å². The van der Waals surface area contributed by atoms with Crippen molar-refractivity contribution in [3.8, 4) is 0 Å². The molecule has 24 heavy (non-hydrogen) atoms. The maximum atomic E-state index is 12.3. The Bertz CT molecular complexity index is 570. The molecule has 0 unspecified atom stereocenters. The SMILES string of the molecule is O=C(NC(=O)C1CCNCC1)C(=O)N(CCO)Cc1ccccc1. The van der Waals surface area contributed by atoms with Gasteiger partial charge in [0, 0.05) is 19.0 Å². The van der Waals surface area contributed by atoms with Gasteiger partial charge in [-0.1, -0.05) is 30.3 Å². The highest BCUT2D eigenvalue weighted by Gasteiger charge is 2.27. The first kappa shape index (κ1) is 18.1. The van der Waals surface area contributed by atoms with Gasteiger partial charge in [0.2, 0.25) is 5.91 Å². The van der Waals surface area contributed by atoms with Gasteiger partial charge in [-0.2, -0.15) is 0 Å². The van der Waals surface area contributed by atoms with E-state index in [9.17, 15) is 14.4 Å². The second-order valence-electron chi connectivity index (χ2n) is 5.78. The van der Waals surface area contributed by atoms with Crippen molar-refractivity contribution in [2.75, 3.05) is 26.2 Å². The van der Waals surface area contributed by atoms with Crippen molar-refractivity contribution in [2.24, 2.45) is 5.92 Å². The summed E-state index contributed by atoms with van der Waals surface area (Å²) in [5.41, 5.74) is 0.844. The number of benzene rings is 1. The lowest BCUT2D eigenvalue weighted by molar-refractivity contribution is -0.149. The number of piperidine rings is 1. The Labute approximate surface area is 141 Å². The van der Waals surface area contributed by atoms with Crippen LogP contribution in [-0.4, -0.2) is 54.0 Å². The third-order valence-corrected chi connectivity index (χ3v) is 4.01. The number of nitrogens with one attached hydrogen (secondary N) is 2. The van der Waals surface area contributed by atoms with E-state index in [4.69, 9.17) is 5.11 Å². The molecule has 2 rings (SSSR count). The molecule has 0 radical (unpaired) electrons. The lowest BCUT2D eigenvalue weighted by Gasteiger charge is -2.23. The summed E-state index contributed by atoms with van der Waals surface area (Å²) in [5, 5.41) is 14.5. The average molecular weight is 333 g/mol. The van der Waals surface area contributed by atoms with Crippen molar-refractivity contribution < 1.29 is 19.5 Å². The molecule has 1 aromatic rings. The van der Waals surface area contributed by atoms with E-state index >= 15 is 0 Å². The average Bonchev–Trinajstić information content (AvgIpc) is 2.62. The molecule has 130 valence electrons. The molecule has 1 aromatic carbocycles. The number of aliphatic hydroxyl groups excluding tert-OH is 1. The predicted molar refractivity (Wildman–Crippen MR) is 87.7 cm³/mol. The third-order valence-electron chi connectivity index (χ3n) is 4.01. The van der Waals surface area contributed by atoms with Gasteiger partial charge in [-0.3, -0.25) is 19.7 Å². The number of nitrogens with zero attached hydrogens (tertiary/aromatic N) is 1. The molecule has 3 amide bonds. The fraction of sp³-hybridized carbons (Fsp3) is 0.471. The van der Waals surface area contributed by atoms with Gasteiger partial charge in [-0.05, 0) is 31.5 Å². The summed E-state index contributed by atoms with van der Waals surface area (Å²) in [6.45, 7) is 1.43. The maximum Gasteiger partial charge on any atom is 0.316 e. The first-order chi connectivity index (χ1) is 11.6. The van der Waals surface area contributed by atoms with Crippen LogP contribution >= 0.6 is 0 Å². The summed E-state index contributed by atoms with van der Waals surface area (Å²) in [6.07, 6.45) is 1.30. The summed E-state index contributed by atoms with van der Waals surface area (Å²) in [7, 11) is 0. The summed E-state index contributed by atoms with van der Waals surface area (Å²) < 4.78 is 0. The van der Waals surface area contributed by atoms with E-state index in [0.717, 1.165) is 18.7 Å². The van der Waals surface area contributed by atoms with Crippen molar-refractivity contribution in [1.29, 1.82) is 0 Å². The largest absolute Gasteiger partial charge is 0.395 e. The van der Waals surface area contributed by atoms with Crippen LogP contribution in [0, 0.1) is 5.92 Å². The normalized spacial score (nSPS) is 14.9. The zero-order chi connectivity index (χ0) is 17.4. The van der Waals surface area contributed by atoms with Crippen molar-refractivity contribution in [3.63, 3.8) is 0 Å². The molecule has 0 spiro atoms. The van der Waals surface area contributed by atoms with Crippen molar-refractivity contribution in [3.05, 3.63) is 35.9 Å². The first-order valence-corrected chi connectivity index (χ1v) is 8.11. The van der Waals surface area contributed by atoms with E-state index in [1.165, 1.54) is 4.90 Å². The van der Waals surface area contributed by atoms with Crippen LogP contribution in [0.5, 0.6) is 0 Å². The number of amides is 3. The Morgan fingerprint density at radius 3 is 2.46 bits per heavy atom. The molecule has 0 bridgehead atoms. The Morgan fingerprint density at radius 2 is 1.83 bits per heavy atom. The van der Waals surface area contributed by atoms with Crippen molar-refractivity contribution >= 4 is 17.7 Å². The molecule has 3 N–H and O–H groups in total. The minimum absolute atomic E-state index is 0.0304. The molecule has 0 saturated carbocycles. The number of carbonyl (C=O) groups is 3. The Balaban J connectivity index is 1.94. The van der Waals surface area contributed by atoms with E-state index in [2.05, 4.69) is 10.6 Å². The molecular weight excluding hydrogens is 310 g/mol. The Hall–Kier alpha value is -2.25. The van der Waals surface area contributed by atoms with Crippen LogP contribution < -0.4 is 10.6 Å². The number of imide groups is 1. The lowest BCUT2D eigenvalue weighted by Crippen LogP contribution is -2.48. The molecule has 1 aliphatic rings. The maximum absolute atomic E-state index is 12.3. The molecule has 7 nitrogen and oxygen atoms in total. The summed E-state index contributed by atoms with van der Waals surface area (Å²) in [4.78, 5) is 37.7. The standard InChI is InChI=1S/C17H23N3O4/c21-11-10-20(12-13-4-2-1-3-5-13)17(24)16(23)19-15(22)14-6-8-18-9-7-14/h1-5,14,18,21H,6-12H2,(H,19,22,23). The minimum Gasteiger partial charge on any atom is -0.395 e. The molecule has 0 aromatic heterocycles. The first-order valence-electron chi connectivity index (χ1n) is 8.11. The minimum atomic E-state index is -0.942. The van der Waals surface area contributed by atoms with Gasteiger partial charge >= 0.3 is 11.8 Å². The smallest absolute Gasteiger partial charge is 0.316 e. The predicted octanol–water partition coefficient (Wildman–Crippen LogP) is -0.350. The monoisotopic (exact) mass is 333 g/mol. The van der Waals surface area contributed by atoms with E-state index in [1.807, 2.05) is 30.3 Å². The number of hydrogen-bond donors (Lipinski definition) is 3. The summed E-state index contributed by atoms with van der Waals surface area (Å²) >= 11 is 0. The molecular formula is C17H23N3O4. The van der Waals surface area contributed by atoms with Crippen molar-refractivity contribution in [1.82, 2.24) is 15.5 Å². The van der Waals surface area contributed by atoms with Gasteiger partial charge in [0.25, 0.3) is 0 Å². The van der Waals surface area contributed by atoms with Crippen LogP contribution in [0.2, 0.25) is 0 Å². The van der Waals surface area contributed by atoms with Gasteiger partial charge < -0.3 is 15.3 Å². The zero-order valence-electron chi connectivity index (χ0n) is 13.5. The molecule has 1 heterocycles. The van der Waals surface area contributed by atoms with Gasteiger partial charge in [0.1, 0.15) is 0 Å². The van der Waals surface area contributed by atoms with Gasteiger partial charge in [0.05, 0.1) is 6.61 Å². The quantitative estimate of drug-likeness (QED) is 0.640. The Morgan fingerprint density at radius 1 is 1.17 bits per heavy atom. The Kier molecular flexibility index (Phi) is 6.89. The lowest BCUT2D eigenvalue weighted by atomic mass is 9.97. The second kappa shape index (κ2) is 9.14. The summed E-state index contributed by atoms with van der Waals surface area (Å²) in [5.74, 6) is -2.40.